The molecule has 1 N–H and O–H groups in total. The largest absolute Gasteiger partial charge is 0.491 e. The van der Waals surface area contributed by atoms with Gasteiger partial charge in [0.1, 0.15) is 36.1 Å². The Bertz CT molecular complexity index is 1110. The molecule has 0 unspecified atom stereocenters. The quantitative estimate of drug-likeness (QED) is 0.475. The second kappa shape index (κ2) is 9.10. The molecule has 4 rings (SSSR count). The maximum absolute atomic E-state index is 5.90. The first-order chi connectivity index (χ1) is 14.7. The van der Waals surface area contributed by atoms with E-state index in [1.54, 1.807) is 30.9 Å². The average molecular weight is 403 g/mol. The van der Waals surface area contributed by atoms with E-state index in [2.05, 4.69) is 35.1 Å². The van der Waals surface area contributed by atoms with Crippen LogP contribution in [-0.4, -0.2) is 57.1 Å². The lowest BCUT2D eigenvalue weighted by atomic mass is 10.2. The summed E-state index contributed by atoms with van der Waals surface area (Å²) >= 11 is 0. The van der Waals surface area contributed by atoms with Gasteiger partial charge in [-0.05, 0) is 38.4 Å². The molecule has 0 atom stereocenters. The predicted octanol–water partition coefficient (Wildman–Crippen LogP) is 3.29. The molecule has 4 aromatic rings. The molecule has 0 spiro atoms. The molecule has 0 saturated heterocycles. The summed E-state index contributed by atoms with van der Waals surface area (Å²) in [5.41, 5.74) is 0.779. The van der Waals surface area contributed by atoms with Crippen molar-refractivity contribution < 1.29 is 9.47 Å². The first-order valence-corrected chi connectivity index (χ1v) is 9.36. The van der Waals surface area contributed by atoms with Gasteiger partial charge in [0, 0.05) is 30.4 Å². The highest BCUT2D eigenvalue weighted by molar-refractivity contribution is 5.91. The number of ether oxygens (including phenoxy) is 2. The normalized spacial score (nSPS) is 10.9. The molecule has 0 bridgehead atoms. The summed E-state index contributed by atoms with van der Waals surface area (Å²) in [5.74, 6) is 2.99. The summed E-state index contributed by atoms with van der Waals surface area (Å²) in [5, 5.41) is 3.95. The van der Waals surface area contributed by atoms with Crippen LogP contribution in [0.4, 0.5) is 11.6 Å². The average Bonchev–Trinajstić information content (AvgIpc) is 2.76. The van der Waals surface area contributed by atoms with Crippen LogP contribution >= 0.6 is 0 Å². The lowest BCUT2D eigenvalue weighted by Gasteiger charge is -2.11. The molecule has 0 fully saturated rings. The molecule has 9 heteroatoms. The first-order valence-electron chi connectivity index (χ1n) is 9.36. The summed E-state index contributed by atoms with van der Waals surface area (Å²) in [7, 11) is 4.00. The number of fused-ring (bicyclic) bond motifs is 1. The van der Waals surface area contributed by atoms with E-state index in [-0.39, 0.29) is 0 Å². The summed E-state index contributed by atoms with van der Waals surface area (Å²) in [6.07, 6.45) is 8.00. The highest BCUT2D eigenvalue weighted by Gasteiger charge is 2.08. The predicted molar refractivity (Wildman–Crippen MR) is 113 cm³/mol. The lowest BCUT2D eigenvalue weighted by Crippen LogP contribution is -2.19. The zero-order valence-electron chi connectivity index (χ0n) is 16.7. The zero-order valence-corrected chi connectivity index (χ0v) is 16.7. The zero-order chi connectivity index (χ0) is 20.8. The molecular formula is C21H21N7O2. The van der Waals surface area contributed by atoms with E-state index in [0.29, 0.717) is 35.6 Å². The number of rotatable bonds is 8. The molecule has 0 aliphatic rings. The van der Waals surface area contributed by atoms with E-state index >= 15 is 0 Å². The van der Waals surface area contributed by atoms with Gasteiger partial charge in [-0.2, -0.15) is 0 Å². The van der Waals surface area contributed by atoms with E-state index < -0.39 is 0 Å². The number of pyridine rings is 1. The van der Waals surface area contributed by atoms with Crippen LogP contribution < -0.4 is 14.8 Å². The fourth-order valence-corrected chi connectivity index (χ4v) is 2.66. The molecule has 3 aromatic heterocycles. The highest BCUT2D eigenvalue weighted by atomic mass is 16.5. The van der Waals surface area contributed by atoms with Crippen LogP contribution in [0.3, 0.4) is 0 Å². The topological polar surface area (TPSA) is 98.2 Å². The van der Waals surface area contributed by atoms with Gasteiger partial charge in [0.15, 0.2) is 0 Å². The highest BCUT2D eigenvalue weighted by Crippen LogP contribution is 2.28. The van der Waals surface area contributed by atoms with Crippen LogP contribution in [0.5, 0.6) is 17.4 Å². The van der Waals surface area contributed by atoms with Crippen molar-refractivity contribution >= 4 is 22.5 Å². The Morgan fingerprint density at radius 2 is 1.83 bits per heavy atom. The van der Waals surface area contributed by atoms with E-state index in [1.165, 1.54) is 6.33 Å². The number of anilines is 2. The minimum atomic E-state index is 0.467. The van der Waals surface area contributed by atoms with Crippen molar-refractivity contribution in [2.24, 2.45) is 0 Å². The van der Waals surface area contributed by atoms with Crippen molar-refractivity contribution in [2.75, 3.05) is 32.6 Å². The Morgan fingerprint density at radius 1 is 0.933 bits per heavy atom. The Hall–Kier alpha value is -3.85. The van der Waals surface area contributed by atoms with Crippen molar-refractivity contribution in [3.63, 3.8) is 0 Å². The van der Waals surface area contributed by atoms with Crippen molar-refractivity contribution in [3.8, 4) is 17.4 Å². The molecule has 9 nitrogen and oxygen atoms in total. The van der Waals surface area contributed by atoms with Crippen molar-refractivity contribution in [1.29, 1.82) is 0 Å². The van der Waals surface area contributed by atoms with Crippen LogP contribution in [0.1, 0.15) is 0 Å². The number of hydrogen-bond donors (Lipinski definition) is 1. The molecule has 152 valence electrons. The number of hydrogen-bond acceptors (Lipinski definition) is 9. The van der Waals surface area contributed by atoms with Crippen LogP contribution in [-0.2, 0) is 0 Å². The molecule has 0 saturated carbocycles. The Labute approximate surface area is 173 Å². The third-order valence-corrected chi connectivity index (χ3v) is 4.16. The fraction of sp³-hybridized carbons (Fsp3) is 0.190. The van der Waals surface area contributed by atoms with E-state index in [9.17, 15) is 0 Å². The SMILES string of the molecule is CN(C)CCOc1ccc(Oc2ccc3ncnc(Nc4cnccn4)c3c2)nc1. The molecule has 1 aromatic carbocycles. The van der Waals surface area contributed by atoms with E-state index in [1.807, 2.05) is 38.4 Å². The van der Waals surface area contributed by atoms with Gasteiger partial charge in [0.25, 0.3) is 0 Å². The van der Waals surface area contributed by atoms with Crippen molar-refractivity contribution in [1.82, 2.24) is 29.8 Å². The van der Waals surface area contributed by atoms with Gasteiger partial charge < -0.3 is 19.7 Å². The minimum Gasteiger partial charge on any atom is -0.491 e. The molecule has 0 amide bonds. The maximum Gasteiger partial charge on any atom is 0.219 e. The second-order valence-electron chi connectivity index (χ2n) is 6.70. The number of aromatic nitrogens is 5. The van der Waals surface area contributed by atoms with Gasteiger partial charge in [-0.25, -0.2) is 19.9 Å². The summed E-state index contributed by atoms with van der Waals surface area (Å²) in [4.78, 5) is 23.3. The Balaban J connectivity index is 1.50. The Kier molecular flexibility index (Phi) is 5.90. The molecule has 0 aliphatic heterocycles. The van der Waals surface area contributed by atoms with Gasteiger partial charge in [0.2, 0.25) is 5.88 Å². The lowest BCUT2D eigenvalue weighted by molar-refractivity contribution is 0.260. The molecule has 0 aliphatic carbocycles. The van der Waals surface area contributed by atoms with Gasteiger partial charge in [-0.3, -0.25) is 4.98 Å². The third kappa shape index (κ3) is 4.95. The second-order valence-corrected chi connectivity index (χ2v) is 6.70. The molecule has 0 radical (unpaired) electrons. The summed E-state index contributed by atoms with van der Waals surface area (Å²) in [6, 6.07) is 9.17. The van der Waals surface area contributed by atoms with E-state index in [0.717, 1.165) is 17.4 Å². The van der Waals surface area contributed by atoms with Gasteiger partial charge in [-0.1, -0.05) is 0 Å². The molecule has 30 heavy (non-hydrogen) atoms. The number of nitrogens with zero attached hydrogens (tertiary/aromatic N) is 6. The van der Waals surface area contributed by atoms with Gasteiger partial charge >= 0.3 is 0 Å². The number of nitrogens with one attached hydrogen (secondary N) is 1. The standard InChI is InChI=1S/C21H21N7O2/c1-28(2)9-10-29-16-4-6-20(24-12-16)30-15-3-5-18-17(11-15)21(26-14-25-18)27-19-13-22-7-8-23-19/h3-8,11-14H,9-10H2,1-2H3,(H,23,25,26,27). The van der Waals surface area contributed by atoms with Gasteiger partial charge in [0.05, 0.1) is 17.9 Å². The molecule has 3 heterocycles. The number of likely N-dealkylation sites (N-methyl/N-ethyl adjacent to an activating group) is 1. The van der Waals surface area contributed by atoms with Gasteiger partial charge in [-0.15, -0.1) is 0 Å². The third-order valence-electron chi connectivity index (χ3n) is 4.16. The summed E-state index contributed by atoms with van der Waals surface area (Å²) in [6.45, 7) is 1.43. The van der Waals surface area contributed by atoms with Crippen LogP contribution in [0.15, 0.2) is 61.4 Å². The first kappa shape index (κ1) is 19.5. The van der Waals surface area contributed by atoms with Crippen LogP contribution in [0, 0.1) is 0 Å². The van der Waals surface area contributed by atoms with Crippen LogP contribution in [0.25, 0.3) is 10.9 Å². The molecular weight excluding hydrogens is 382 g/mol. The fourth-order valence-electron chi connectivity index (χ4n) is 2.66. The van der Waals surface area contributed by atoms with Crippen molar-refractivity contribution in [3.05, 3.63) is 61.4 Å². The van der Waals surface area contributed by atoms with Crippen molar-refractivity contribution in [2.45, 2.75) is 0 Å². The minimum absolute atomic E-state index is 0.467. The Morgan fingerprint density at radius 3 is 2.60 bits per heavy atom. The van der Waals surface area contributed by atoms with E-state index in [4.69, 9.17) is 9.47 Å². The maximum atomic E-state index is 5.90. The monoisotopic (exact) mass is 403 g/mol. The van der Waals surface area contributed by atoms with Crippen LogP contribution in [0.2, 0.25) is 0 Å². The number of benzene rings is 1. The summed E-state index contributed by atoms with van der Waals surface area (Å²) < 4.78 is 11.6. The smallest absolute Gasteiger partial charge is 0.219 e.